The van der Waals surface area contributed by atoms with Gasteiger partial charge >= 0.3 is 0 Å². The predicted molar refractivity (Wildman–Crippen MR) is 121 cm³/mol. The van der Waals surface area contributed by atoms with Crippen LogP contribution in [0.25, 0.3) is 0 Å². The SMILES string of the molecule is C[C@@H]1CCC[C@H](N)C2NC(CN2COCC[Si](C)(C)C)C2CCCCC2NC1=O. The molecule has 4 unspecified atom stereocenters. The molecule has 0 aromatic heterocycles. The Labute approximate surface area is 178 Å². The molecule has 6 atom stereocenters. The summed E-state index contributed by atoms with van der Waals surface area (Å²) in [5, 5.41) is 7.28. The molecule has 1 aliphatic carbocycles. The monoisotopic (exact) mass is 424 g/mol. The van der Waals surface area contributed by atoms with Gasteiger partial charge in [0.25, 0.3) is 0 Å². The Kier molecular flexibility index (Phi) is 8.18. The van der Waals surface area contributed by atoms with Gasteiger partial charge in [0.05, 0.1) is 6.17 Å². The number of rotatable bonds is 5. The summed E-state index contributed by atoms with van der Waals surface area (Å²) in [6.45, 7) is 11.7. The van der Waals surface area contributed by atoms with Crippen molar-refractivity contribution in [3.63, 3.8) is 0 Å². The summed E-state index contributed by atoms with van der Waals surface area (Å²) in [5.74, 6) is 0.800. The first-order chi connectivity index (χ1) is 13.7. The number of hydrogen-bond acceptors (Lipinski definition) is 5. The highest BCUT2D eigenvalue weighted by atomic mass is 28.3. The van der Waals surface area contributed by atoms with E-state index in [-0.39, 0.29) is 24.0 Å². The second-order valence-corrected chi connectivity index (χ2v) is 16.5. The highest BCUT2D eigenvalue weighted by Crippen LogP contribution is 2.32. The van der Waals surface area contributed by atoms with E-state index in [9.17, 15) is 4.79 Å². The van der Waals surface area contributed by atoms with Crippen LogP contribution in [0.1, 0.15) is 51.9 Å². The van der Waals surface area contributed by atoms with Crippen molar-refractivity contribution in [3.05, 3.63) is 0 Å². The molecular weight excluding hydrogens is 380 g/mol. The topological polar surface area (TPSA) is 79.6 Å². The second-order valence-electron chi connectivity index (χ2n) is 10.9. The van der Waals surface area contributed by atoms with Gasteiger partial charge in [0.2, 0.25) is 5.91 Å². The Bertz CT molecular complexity index is 541. The second kappa shape index (κ2) is 10.2. The van der Waals surface area contributed by atoms with E-state index in [2.05, 4.69) is 42.1 Å². The molecule has 1 amide bonds. The van der Waals surface area contributed by atoms with E-state index in [0.717, 1.165) is 38.8 Å². The maximum absolute atomic E-state index is 12.7. The number of carbonyl (C=O) groups excluding carboxylic acids is 1. The Balaban J connectivity index is 1.68. The fraction of sp³-hybridized carbons (Fsp3) is 0.955. The molecule has 29 heavy (non-hydrogen) atoms. The zero-order valence-corrected chi connectivity index (χ0v) is 20.1. The fourth-order valence-corrected chi connectivity index (χ4v) is 5.94. The van der Waals surface area contributed by atoms with Crippen molar-refractivity contribution in [2.45, 2.75) is 102 Å². The molecule has 3 rings (SSSR count). The number of nitrogens with zero attached hydrogens (tertiary/aromatic N) is 1. The smallest absolute Gasteiger partial charge is 0.223 e. The lowest BCUT2D eigenvalue weighted by atomic mass is 9.79. The largest absolute Gasteiger partial charge is 0.366 e. The summed E-state index contributed by atoms with van der Waals surface area (Å²) in [4.78, 5) is 15.1. The molecule has 0 radical (unpaired) electrons. The van der Waals surface area contributed by atoms with Crippen LogP contribution < -0.4 is 16.4 Å². The Morgan fingerprint density at radius 3 is 2.62 bits per heavy atom. The highest BCUT2D eigenvalue weighted by Gasteiger charge is 2.42. The van der Waals surface area contributed by atoms with Crippen LogP contribution in [-0.4, -0.2) is 63.1 Å². The van der Waals surface area contributed by atoms with Gasteiger partial charge < -0.3 is 15.8 Å². The average Bonchev–Trinajstić information content (AvgIpc) is 3.08. The molecule has 0 aromatic carbocycles. The number of carbonyl (C=O) groups is 1. The van der Waals surface area contributed by atoms with Crippen molar-refractivity contribution in [2.24, 2.45) is 17.6 Å². The zero-order chi connectivity index (χ0) is 21.0. The van der Waals surface area contributed by atoms with Gasteiger partial charge in [0.15, 0.2) is 0 Å². The quantitative estimate of drug-likeness (QED) is 0.467. The predicted octanol–water partition coefficient (Wildman–Crippen LogP) is 2.72. The summed E-state index contributed by atoms with van der Waals surface area (Å²) < 4.78 is 6.11. The van der Waals surface area contributed by atoms with Crippen LogP contribution in [0.4, 0.5) is 0 Å². The third-order valence-corrected chi connectivity index (χ3v) is 8.86. The number of fused-ring (bicyclic) bond motifs is 4. The van der Waals surface area contributed by atoms with E-state index in [1.807, 2.05) is 0 Å². The Morgan fingerprint density at radius 2 is 1.86 bits per heavy atom. The van der Waals surface area contributed by atoms with Crippen molar-refractivity contribution in [1.82, 2.24) is 15.5 Å². The summed E-state index contributed by atoms with van der Waals surface area (Å²) in [7, 11) is -1.07. The van der Waals surface area contributed by atoms with Gasteiger partial charge in [-0.05, 0) is 37.6 Å². The lowest BCUT2D eigenvalue weighted by molar-refractivity contribution is -0.126. The molecule has 4 N–H and O–H groups in total. The van der Waals surface area contributed by atoms with E-state index in [0.29, 0.717) is 24.7 Å². The van der Waals surface area contributed by atoms with Crippen LogP contribution in [0.15, 0.2) is 0 Å². The van der Waals surface area contributed by atoms with Gasteiger partial charge in [-0.2, -0.15) is 0 Å². The standard InChI is InChI=1S/C22H44N4O2Si/c1-16-8-7-10-18(23)21-24-20(14-26(21)15-28-12-13-29(2,3)4)17-9-5-6-11-19(17)25-22(16)27/h16-21,24H,5-15,23H2,1-4H3,(H,25,27)/t16-,17?,18+,19?,20?,21?/m1/s1. The van der Waals surface area contributed by atoms with Gasteiger partial charge in [-0.15, -0.1) is 0 Å². The van der Waals surface area contributed by atoms with Crippen molar-refractivity contribution in [2.75, 3.05) is 19.9 Å². The van der Waals surface area contributed by atoms with Crippen LogP contribution in [0.5, 0.6) is 0 Å². The van der Waals surface area contributed by atoms with Crippen LogP contribution in [0, 0.1) is 11.8 Å². The molecule has 168 valence electrons. The van der Waals surface area contributed by atoms with Crippen molar-refractivity contribution in [3.8, 4) is 0 Å². The molecule has 6 nitrogen and oxygen atoms in total. The third kappa shape index (κ3) is 6.50. The minimum absolute atomic E-state index is 0.0795. The number of nitrogens with one attached hydrogen (secondary N) is 2. The van der Waals surface area contributed by atoms with Gasteiger partial charge in [-0.3, -0.25) is 15.0 Å². The van der Waals surface area contributed by atoms with Crippen LogP contribution in [0.2, 0.25) is 25.7 Å². The molecule has 2 bridgehead atoms. The minimum Gasteiger partial charge on any atom is -0.366 e. The van der Waals surface area contributed by atoms with Crippen molar-refractivity contribution < 1.29 is 9.53 Å². The average molecular weight is 425 g/mol. The van der Waals surface area contributed by atoms with Gasteiger partial charge in [-0.1, -0.05) is 45.8 Å². The first-order valence-corrected chi connectivity index (χ1v) is 15.6. The highest BCUT2D eigenvalue weighted by molar-refractivity contribution is 6.76. The number of ether oxygens (including phenoxy) is 1. The molecule has 0 spiro atoms. The summed E-state index contributed by atoms with van der Waals surface area (Å²) >= 11 is 0. The first kappa shape index (κ1) is 23.2. The summed E-state index contributed by atoms with van der Waals surface area (Å²) in [5.41, 5.74) is 6.65. The number of amides is 1. The minimum atomic E-state index is -1.07. The van der Waals surface area contributed by atoms with E-state index >= 15 is 0 Å². The maximum atomic E-state index is 12.7. The van der Waals surface area contributed by atoms with Gasteiger partial charge in [0, 0.05) is 45.3 Å². The summed E-state index contributed by atoms with van der Waals surface area (Å²) in [6, 6.07) is 1.95. The molecule has 2 heterocycles. The first-order valence-electron chi connectivity index (χ1n) is 11.9. The van der Waals surface area contributed by atoms with E-state index < -0.39 is 8.07 Å². The normalized spacial score (nSPS) is 37.3. The number of nitrogens with two attached hydrogens (primary N) is 1. The zero-order valence-electron chi connectivity index (χ0n) is 19.1. The molecule has 3 fully saturated rings. The lowest BCUT2D eigenvalue weighted by Crippen LogP contribution is -2.54. The maximum Gasteiger partial charge on any atom is 0.223 e. The Hall–Kier alpha value is -0.473. The summed E-state index contributed by atoms with van der Waals surface area (Å²) in [6.07, 6.45) is 7.80. The third-order valence-electron chi connectivity index (χ3n) is 7.15. The van der Waals surface area contributed by atoms with Crippen LogP contribution >= 0.6 is 0 Å². The Morgan fingerprint density at radius 1 is 1.10 bits per heavy atom. The van der Waals surface area contributed by atoms with E-state index in [4.69, 9.17) is 10.5 Å². The fourth-order valence-electron chi connectivity index (χ4n) is 5.18. The van der Waals surface area contributed by atoms with Crippen molar-refractivity contribution >= 4 is 14.0 Å². The van der Waals surface area contributed by atoms with Crippen LogP contribution in [0.3, 0.4) is 0 Å². The molecule has 3 aliphatic rings. The molecule has 0 aromatic rings. The van der Waals surface area contributed by atoms with Gasteiger partial charge in [0.1, 0.15) is 6.73 Å². The van der Waals surface area contributed by atoms with Crippen LogP contribution in [-0.2, 0) is 9.53 Å². The molecule has 1 saturated carbocycles. The van der Waals surface area contributed by atoms with E-state index in [1.54, 1.807) is 0 Å². The molecular formula is C22H44N4O2Si. The lowest BCUT2D eigenvalue weighted by Gasteiger charge is -2.37. The molecule has 2 aliphatic heterocycles. The number of hydrogen-bond donors (Lipinski definition) is 3. The van der Waals surface area contributed by atoms with E-state index in [1.165, 1.54) is 25.3 Å². The van der Waals surface area contributed by atoms with Crippen molar-refractivity contribution in [1.29, 1.82) is 0 Å². The molecule has 7 heteroatoms. The molecule has 2 saturated heterocycles. The van der Waals surface area contributed by atoms with Gasteiger partial charge in [-0.25, -0.2) is 0 Å².